The molecule has 19 heavy (non-hydrogen) atoms. The van der Waals surface area contributed by atoms with Gasteiger partial charge in [0.1, 0.15) is 6.26 Å². The van der Waals surface area contributed by atoms with Crippen molar-refractivity contribution in [3.63, 3.8) is 0 Å². The van der Waals surface area contributed by atoms with Gasteiger partial charge in [-0.25, -0.2) is 0 Å². The summed E-state index contributed by atoms with van der Waals surface area (Å²) < 4.78 is 9.42. The van der Waals surface area contributed by atoms with Crippen molar-refractivity contribution in [3.05, 3.63) is 54.0 Å². The van der Waals surface area contributed by atoms with Crippen molar-refractivity contribution in [2.24, 2.45) is 0 Å². The average Bonchev–Trinajstić information content (AvgIpc) is 2.95. The molecule has 1 N–H and O–H groups in total. The van der Waals surface area contributed by atoms with Crippen molar-refractivity contribution in [2.75, 3.05) is 12.4 Å². The van der Waals surface area contributed by atoms with E-state index in [0.717, 1.165) is 5.56 Å². The normalized spacial score (nSPS) is 9.95. The van der Waals surface area contributed by atoms with Crippen molar-refractivity contribution in [3.8, 4) is 0 Å². The number of esters is 1. The smallest absolute Gasteiger partial charge is 0.309 e. The molecule has 1 aromatic heterocycles. The minimum atomic E-state index is -0.296. The molecule has 0 atom stereocenters. The lowest BCUT2D eigenvalue weighted by Crippen LogP contribution is -2.11. The Bertz CT molecular complexity index is 558. The fraction of sp³-hybridized carbons (Fsp3) is 0.143. The average molecular weight is 259 g/mol. The van der Waals surface area contributed by atoms with Gasteiger partial charge in [0.05, 0.1) is 25.4 Å². The molecule has 0 fully saturated rings. The van der Waals surface area contributed by atoms with Crippen molar-refractivity contribution < 1.29 is 18.7 Å². The van der Waals surface area contributed by atoms with Gasteiger partial charge in [0.25, 0.3) is 5.91 Å². The Morgan fingerprint density at radius 2 is 1.95 bits per heavy atom. The summed E-state index contributed by atoms with van der Waals surface area (Å²) in [7, 11) is 1.35. The van der Waals surface area contributed by atoms with Crippen LogP contribution in [0.1, 0.15) is 15.9 Å². The number of hydrogen-bond donors (Lipinski definition) is 1. The van der Waals surface area contributed by atoms with E-state index in [1.807, 2.05) is 0 Å². The molecule has 5 nitrogen and oxygen atoms in total. The van der Waals surface area contributed by atoms with Gasteiger partial charge in [-0.3, -0.25) is 9.59 Å². The molecule has 1 aromatic carbocycles. The molecule has 5 heteroatoms. The number of anilines is 1. The van der Waals surface area contributed by atoms with Crippen LogP contribution in [-0.4, -0.2) is 19.0 Å². The first-order chi connectivity index (χ1) is 9.19. The molecule has 0 saturated carbocycles. The molecule has 2 aromatic rings. The van der Waals surface area contributed by atoms with E-state index in [1.54, 1.807) is 30.3 Å². The fourth-order valence-electron chi connectivity index (χ4n) is 1.54. The molecule has 1 heterocycles. The van der Waals surface area contributed by atoms with Gasteiger partial charge in [-0.15, -0.1) is 0 Å². The topological polar surface area (TPSA) is 68.5 Å². The highest BCUT2D eigenvalue weighted by atomic mass is 16.5. The number of amides is 1. The second-order valence-electron chi connectivity index (χ2n) is 3.92. The predicted molar refractivity (Wildman–Crippen MR) is 68.8 cm³/mol. The van der Waals surface area contributed by atoms with E-state index in [1.165, 1.54) is 19.6 Å². The Morgan fingerprint density at radius 1 is 1.21 bits per heavy atom. The molecule has 0 radical (unpaired) electrons. The zero-order valence-electron chi connectivity index (χ0n) is 10.4. The molecule has 0 bridgehead atoms. The Morgan fingerprint density at radius 3 is 2.53 bits per heavy atom. The molecule has 0 saturated heterocycles. The maximum absolute atomic E-state index is 11.7. The minimum Gasteiger partial charge on any atom is -0.472 e. The molecule has 0 unspecified atom stereocenters. The molecule has 1 amide bonds. The van der Waals surface area contributed by atoms with E-state index < -0.39 is 0 Å². The minimum absolute atomic E-state index is 0.215. The van der Waals surface area contributed by atoms with Crippen LogP contribution in [0.3, 0.4) is 0 Å². The first-order valence-corrected chi connectivity index (χ1v) is 5.68. The Kier molecular flexibility index (Phi) is 3.97. The SMILES string of the molecule is COC(=O)Cc1ccc(NC(=O)c2ccoc2)cc1. The highest BCUT2D eigenvalue weighted by molar-refractivity contribution is 6.03. The van der Waals surface area contributed by atoms with Gasteiger partial charge in [-0.2, -0.15) is 0 Å². The molecule has 0 aliphatic heterocycles. The largest absolute Gasteiger partial charge is 0.472 e. The van der Waals surface area contributed by atoms with Crippen LogP contribution >= 0.6 is 0 Å². The number of carbonyl (C=O) groups is 2. The van der Waals surface area contributed by atoms with E-state index in [4.69, 9.17) is 4.42 Å². The zero-order valence-corrected chi connectivity index (χ0v) is 10.4. The molecule has 98 valence electrons. The first kappa shape index (κ1) is 12.9. The zero-order chi connectivity index (χ0) is 13.7. The van der Waals surface area contributed by atoms with Crippen LogP contribution < -0.4 is 5.32 Å². The summed E-state index contributed by atoms with van der Waals surface area (Å²) in [6, 6.07) is 8.58. The third-order valence-electron chi connectivity index (χ3n) is 2.57. The number of carbonyl (C=O) groups excluding carboxylic acids is 2. The summed E-state index contributed by atoms with van der Waals surface area (Å²) in [5.41, 5.74) is 1.94. The number of methoxy groups -OCH3 is 1. The van der Waals surface area contributed by atoms with Crippen molar-refractivity contribution >= 4 is 17.6 Å². The summed E-state index contributed by atoms with van der Waals surface area (Å²) in [6.45, 7) is 0. The Hall–Kier alpha value is -2.56. The summed E-state index contributed by atoms with van der Waals surface area (Å²) in [4.78, 5) is 22.8. The van der Waals surface area contributed by atoms with E-state index in [-0.39, 0.29) is 18.3 Å². The van der Waals surface area contributed by atoms with E-state index in [9.17, 15) is 9.59 Å². The summed E-state index contributed by atoms with van der Waals surface area (Å²) in [6.07, 6.45) is 3.03. The van der Waals surface area contributed by atoms with Gasteiger partial charge < -0.3 is 14.5 Å². The van der Waals surface area contributed by atoms with Crippen molar-refractivity contribution in [1.82, 2.24) is 0 Å². The van der Waals surface area contributed by atoms with E-state index in [0.29, 0.717) is 11.3 Å². The highest BCUT2D eigenvalue weighted by Gasteiger charge is 2.07. The van der Waals surface area contributed by atoms with Crippen LogP contribution in [0.4, 0.5) is 5.69 Å². The predicted octanol–water partition coefficient (Wildman–Crippen LogP) is 2.25. The first-order valence-electron chi connectivity index (χ1n) is 5.68. The number of hydrogen-bond acceptors (Lipinski definition) is 4. The molecule has 0 aliphatic carbocycles. The standard InChI is InChI=1S/C14H13NO4/c1-18-13(16)8-10-2-4-12(5-3-10)15-14(17)11-6-7-19-9-11/h2-7,9H,8H2,1H3,(H,15,17). The van der Waals surface area contributed by atoms with Gasteiger partial charge >= 0.3 is 5.97 Å². The van der Waals surface area contributed by atoms with Gasteiger partial charge in [0.15, 0.2) is 0 Å². The van der Waals surface area contributed by atoms with Crippen LogP contribution in [0.5, 0.6) is 0 Å². The van der Waals surface area contributed by atoms with Crippen LogP contribution in [0.2, 0.25) is 0 Å². The quantitative estimate of drug-likeness (QED) is 0.855. The molecular formula is C14H13NO4. The number of rotatable bonds is 4. The summed E-state index contributed by atoms with van der Waals surface area (Å²) >= 11 is 0. The van der Waals surface area contributed by atoms with Gasteiger partial charge in [-0.05, 0) is 23.8 Å². The number of ether oxygens (including phenoxy) is 1. The molecule has 0 spiro atoms. The molecule has 2 rings (SSSR count). The van der Waals surface area contributed by atoms with Gasteiger partial charge in [0, 0.05) is 5.69 Å². The van der Waals surface area contributed by atoms with Gasteiger partial charge in [0.2, 0.25) is 0 Å². The third kappa shape index (κ3) is 3.45. The molecular weight excluding hydrogens is 246 g/mol. The molecule has 0 aliphatic rings. The second-order valence-corrected chi connectivity index (χ2v) is 3.92. The van der Waals surface area contributed by atoms with Gasteiger partial charge in [-0.1, -0.05) is 12.1 Å². The number of nitrogens with one attached hydrogen (secondary N) is 1. The maximum Gasteiger partial charge on any atom is 0.309 e. The Balaban J connectivity index is 1.99. The van der Waals surface area contributed by atoms with E-state index >= 15 is 0 Å². The van der Waals surface area contributed by atoms with Crippen LogP contribution in [0.25, 0.3) is 0 Å². The summed E-state index contributed by atoms with van der Waals surface area (Å²) in [5, 5.41) is 2.72. The lowest BCUT2D eigenvalue weighted by atomic mass is 10.1. The summed E-state index contributed by atoms with van der Waals surface area (Å²) in [5.74, 6) is -0.537. The number of benzene rings is 1. The van der Waals surface area contributed by atoms with Crippen LogP contribution in [0.15, 0.2) is 47.3 Å². The van der Waals surface area contributed by atoms with Crippen LogP contribution in [-0.2, 0) is 16.0 Å². The third-order valence-corrected chi connectivity index (χ3v) is 2.57. The van der Waals surface area contributed by atoms with Crippen molar-refractivity contribution in [2.45, 2.75) is 6.42 Å². The lowest BCUT2D eigenvalue weighted by molar-refractivity contribution is -0.139. The van der Waals surface area contributed by atoms with E-state index in [2.05, 4.69) is 10.1 Å². The maximum atomic E-state index is 11.7. The Labute approximate surface area is 110 Å². The monoisotopic (exact) mass is 259 g/mol. The van der Waals surface area contributed by atoms with Crippen molar-refractivity contribution in [1.29, 1.82) is 0 Å². The highest BCUT2D eigenvalue weighted by Crippen LogP contribution is 2.12. The fourth-order valence-corrected chi connectivity index (χ4v) is 1.54. The second kappa shape index (κ2) is 5.86. The lowest BCUT2D eigenvalue weighted by Gasteiger charge is -2.05. The number of furan rings is 1. The van der Waals surface area contributed by atoms with Crippen LogP contribution in [0, 0.1) is 0 Å².